The number of hydrogen-bond donors (Lipinski definition) is 2. The monoisotopic (exact) mass is 188 g/mol. The Morgan fingerprint density at radius 3 is 2.67 bits per heavy atom. The zero-order valence-electron chi connectivity index (χ0n) is 6.54. The van der Waals surface area contributed by atoms with Crippen LogP contribution in [-0.2, 0) is 4.79 Å². The smallest absolute Gasteiger partial charge is 0.317 e. The fourth-order valence-electron chi connectivity index (χ4n) is 1.03. The molecule has 0 aliphatic heterocycles. The van der Waals surface area contributed by atoms with Crippen LogP contribution in [0.3, 0.4) is 0 Å². The second kappa shape index (κ2) is 2.83. The van der Waals surface area contributed by atoms with Crippen LogP contribution >= 0.6 is 11.6 Å². The zero-order chi connectivity index (χ0) is 9.35. The molecule has 4 heteroatoms. The van der Waals surface area contributed by atoms with Crippen LogP contribution in [0.15, 0.2) is 22.9 Å². The maximum absolute atomic E-state index is 10.7. The van der Waals surface area contributed by atoms with Gasteiger partial charge in [0.1, 0.15) is 11.2 Å². The van der Waals surface area contributed by atoms with Crippen LogP contribution in [0.5, 0.6) is 0 Å². The third-order valence-electron chi connectivity index (χ3n) is 1.98. The fraction of sp³-hybridized carbons (Fsp3) is 0.375. The number of carbonyl (C=O) groups is 1. The normalized spacial score (nSPS) is 29.2. The molecule has 0 radical (unpaired) electrons. The van der Waals surface area contributed by atoms with Gasteiger partial charge >= 0.3 is 5.97 Å². The maximum Gasteiger partial charge on any atom is 0.317 e. The summed E-state index contributed by atoms with van der Waals surface area (Å²) in [6.45, 7) is 1.44. The summed E-state index contributed by atoms with van der Waals surface area (Å²) in [6, 6.07) is 0. The van der Waals surface area contributed by atoms with Crippen molar-refractivity contribution in [3.8, 4) is 0 Å². The van der Waals surface area contributed by atoms with E-state index in [0.29, 0.717) is 5.03 Å². The summed E-state index contributed by atoms with van der Waals surface area (Å²) in [5.74, 6) is -1.22. The number of carboxylic acids is 1. The fourth-order valence-corrected chi connectivity index (χ4v) is 1.36. The van der Waals surface area contributed by atoms with Gasteiger partial charge in [0.25, 0.3) is 0 Å². The Morgan fingerprint density at radius 2 is 2.25 bits per heavy atom. The van der Waals surface area contributed by atoms with E-state index < -0.39 is 11.4 Å². The summed E-state index contributed by atoms with van der Waals surface area (Å²) < 4.78 is 0. The molecule has 1 rings (SSSR count). The first-order valence-corrected chi connectivity index (χ1v) is 3.84. The summed E-state index contributed by atoms with van der Waals surface area (Å²) in [5, 5.41) is 18.5. The van der Waals surface area contributed by atoms with Gasteiger partial charge in [0.15, 0.2) is 0 Å². The summed E-state index contributed by atoms with van der Waals surface area (Å²) in [7, 11) is 0. The quantitative estimate of drug-likeness (QED) is 0.662. The molecule has 0 saturated carbocycles. The number of allylic oxidation sites excluding steroid dienone is 3. The minimum Gasteiger partial charge on any atom is -0.511 e. The first-order valence-electron chi connectivity index (χ1n) is 3.46. The number of halogens is 1. The lowest BCUT2D eigenvalue weighted by Gasteiger charge is -2.25. The van der Waals surface area contributed by atoms with Crippen molar-refractivity contribution < 1.29 is 15.0 Å². The first-order chi connectivity index (χ1) is 5.47. The molecule has 1 aliphatic rings. The lowest BCUT2D eigenvalue weighted by molar-refractivity contribution is -0.147. The van der Waals surface area contributed by atoms with Crippen LogP contribution in [0.1, 0.15) is 13.3 Å². The van der Waals surface area contributed by atoms with Gasteiger partial charge in [-0.05, 0) is 19.1 Å². The SMILES string of the molecule is CC1(C(=O)O)CC(Cl)=CC=C1O. The van der Waals surface area contributed by atoms with Gasteiger partial charge < -0.3 is 10.2 Å². The van der Waals surface area contributed by atoms with Crippen molar-refractivity contribution in [2.75, 3.05) is 0 Å². The van der Waals surface area contributed by atoms with Gasteiger partial charge in [-0.3, -0.25) is 4.79 Å². The lowest BCUT2D eigenvalue weighted by atomic mass is 9.82. The van der Waals surface area contributed by atoms with E-state index in [0.717, 1.165) is 0 Å². The molecule has 0 spiro atoms. The Balaban J connectivity index is 3.04. The number of hydrogen-bond acceptors (Lipinski definition) is 2. The van der Waals surface area contributed by atoms with Crippen molar-refractivity contribution in [1.29, 1.82) is 0 Å². The second-order valence-corrected chi connectivity index (χ2v) is 3.46. The summed E-state index contributed by atoms with van der Waals surface area (Å²) in [5.41, 5.74) is -1.26. The van der Waals surface area contributed by atoms with E-state index in [1.165, 1.54) is 19.1 Å². The van der Waals surface area contributed by atoms with Crippen molar-refractivity contribution in [2.45, 2.75) is 13.3 Å². The maximum atomic E-state index is 10.7. The van der Waals surface area contributed by atoms with Crippen LogP contribution < -0.4 is 0 Å². The average Bonchev–Trinajstić information content (AvgIpc) is 1.97. The predicted octanol–water partition coefficient (Wildman–Crippen LogP) is 2.05. The molecule has 0 fully saturated rings. The standard InChI is InChI=1S/C8H9ClO3/c1-8(7(11)12)4-5(9)2-3-6(8)10/h2-3,10H,4H2,1H3,(H,11,12). The van der Waals surface area contributed by atoms with Gasteiger partial charge in [0.05, 0.1) is 0 Å². The van der Waals surface area contributed by atoms with Crippen LogP contribution in [0.2, 0.25) is 0 Å². The molecular weight excluding hydrogens is 180 g/mol. The molecule has 1 unspecified atom stereocenters. The van der Waals surface area contributed by atoms with Crippen molar-refractivity contribution in [1.82, 2.24) is 0 Å². The average molecular weight is 189 g/mol. The van der Waals surface area contributed by atoms with Crippen molar-refractivity contribution in [3.63, 3.8) is 0 Å². The van der Waals surface area contributed by atoms with Gasteiger partial charge in [-0.15, -0.1) is 0 Å². The van der Waals surface area contributed by atoms with Crippen molar-refractivity contribution >= 4 is 17.6 Å². The zero-order valence-corrected chi connectivity index (χ0v) is 7.30. The lowest BCUT2D eigenvalue weighted by Crippen LogP contribution is -2.31. The van der Waals surface area contributed by atoms with Crippen LogP contribution in [-0.4, -0.2) is 16.2 Å². The highest BCUT2D eigenvalue weighted by molar-refractivity contribution is 6.30. The van der Waals surface area contributed by atoms with Crippen molar-refractivity contribution in [2.24, 2.45) is 5.41 Å². The van der Waals surface area contributed by atoms with Gasteiger partial charge in [0, 0.05) is 11.5 Å². The molecule has 1 atom stereocenters. The Kier molecular flexibility index (Phi) is 2.15. The van der Waals surface area contributed by atoms with Gasteiger partial charge in [-0.2, -0.15) is 0 Å². The molecule has 0 heterocycles. The highest BCUT2D eigenvalue weighted by Crippen LogP contribution is 2.37. The number of rotatable bonds is 1. The van der Waals surface area contributed by atoms with Crippen LogP contribution in [0.25, 0.3) is 0 Å². The molecular formula is C8H9ClO3. The number of aliphatic carboxylic acids is 1. The Morgan fingerprint density at radius 1 is 1.67 bits per heavy atom. The summed E-state index contributed by atoms with van der Waals surface area (Å²) in [4.78, 5) is 10.7. The van der Waals surface area contributed by atoms with E-state index in [9.17, 15) is 9.90 Å². The van der Waals surface area contributed by atoms with E-state index in [1.807, 2.05) is 0 Å². The molecule has 0 bridgehead atoms. The van der Waals surface area contributed by atoms with Gasteiger partial charge in [-0.25, -0.2) is 0 Å². The highest BCUT2D eigenvalue weighted by Gasteiger charge is 2.39. The molecule has 3 nitrogen and oxygen atoms in total. The molecule has 12 heavy (non-hydrogen) atoms. The third-order valence-corrected chi connectivity index (χ3v) is 2.24. The molecule has 0 aromatic rings. The van der Waals surface area contributed by atoms with E-state index in [2.05, 4.69) is 0 Å². The first kappa shape index (κ1) is 9.13. The van der Waals surface area contributed by atoms with E-state index in [-0.39, 0.29) is 12.2 Å². The highest BCUT2D eigenvalue weighted by atomic mass is 35.5. The number of aliphatic hydroxyl groups excluding tert-OH is 1. The molecule has 0 aromatic heterocycles. The molecule has 66 valence electrons. The second-order valence-electron chi connectivity index (χ2n) is 2.98. The summed E-state index contributed by atoms with van der Waals surface area (Å²) in [6.07, 6.45) is 2.97. The number of aliphatic hydroxyl groups is 1. The molecule has 2 N–H and O–H groups in total. The molecule has 1 aliphatic carbocycles. The largest absolute Gasteiger partial charge is 0.511 e. The van der Waals surface area contributed by atoms with Crippen LogP contribution in [0.4, 0.5) is 0 Å². The predicted molar refractivity (Wildman–Crippen MR) is 45.0 cm³/mol. The van der Waals surface area contributed by atoms with Gasteiger partial charge in [0.2, 0.25) is 0 Å². The minimum absolute atomic E-state index is 0.145. The molecule has 0 aromatic carbocycles. The Bertz CT molecular complexity index is 280. The van der Waals surface area contributed by atoms with E-state index in [4.69, 9.17) is 16.7 Å². The van der Waals surface area contributed by atoms with Crippen LogP contribution in [0, 0.1) is 5.41 Å². The molecule has 0 saturated heterocycles. The topological polar surface area (TPSA) is 57.5 Å². The number of carboxylic acid groups (broad SMARTS) is 1. The van der Waals surface area contributed by atoms with Gasteiger partial charge in [-0.1, -0.05) is 11.6 Å². The Labute approximate surface area is 75.0 Å². The Hall–Kier alpha value is -0.960. The van der Waals surface area contributed by atoms with E-state index >= 15 is 0 Å². The van der Waals surface area contributed by atoms with E-state index in [1.54, 1.807) is 0 Å². The third kappa shape index (κ3) is 1.32. The summed E-state index contributed by atoms with van der Waals surface area (Å²) >= 11 is 5.65. The van der Waals surface area contributed by atoms with Crippen molar-refractivity contribution in [3.05, 3.63) is 22.9 Å². The molecule has 0 amide bonds. The minimum atomic E-state index is -1.26.